The number of fused-ring (bicyclic) bond motifs is 2. The summed E-state index contributed by atoms with van der Waals surface area (Å²) in [7, 11) is 1.62. The first-order valence-electron chi connectivity index (χ1n) is 9.31. The predicted octanol–water partition coefficient (Wildman–Crippen LogP) is 3.59. The SMILES string of the molecule is COc1ccc(C2NC(=O)c3c(nc4c(cnn4-c4ccccc4)c3C)N2)cc1. The summed E-state index contributed by atoms with van der Waals surface area (Å²) in [5, 5.41) is 11.7. The molecule has 1 amide bonds. The monoisotopic (exact) mass is 385 g/mol. The van der Waals surface area contributed by atoms with Crippen LogP contribution in [-0.2, 0) is 0 Å². The van der Waals surface area contributed by atoms with Crippen molar-refractivity contribution in [1.82, 2.24) is 20.1 Å². The zero-order valence-corrected chi connectivity index (χ0v) is 16.0. The lowest BCUT2D eigenvalue weighted by Crippen LogP contribution is -2.39. The number of hydrogen-bond donors (Lipinski definition) is 2. The molecular weight excluding hydrogens is 366 g/mol. The van der Waals surface area contributed by atoms with E-state index in [-0.39, 0.29) is 12.1 Å². The first-order valence-corrected chi connectivity index (χ1v) is 9.31. The molecule has 1 unspecified atom stereocenters. The number of methoxy groups -OCH3 is 1. The number of hydrogen-bond acceptors (Lipinski definition) is 5. The van der Waals surface area contributed by atoms with Crippen LogP contribution >= 0.6 is 0 Å². The molecule has 1 aliphatic heterocycles. The minimum atomic E-state index is -0.377. The topological polar surface area (TPSA) is 81.1 Å². The Bertz CT molecular complexity index is 1220. The zero-order chi connectivity index (χ0) is 20.0. The number of benzene rings is 2. The largest absolute Gasteiger partial charge is 0.497 e. The average molecular weight is 385 g/mol. The predicted molar refractivity (Wildman–Crippen MR) is 110 cm³/mol. The van der Waals surface area contributed by atoms with Crippen molar-refractivity contribution in [2.75, 3.05) is 12.4 Å². The second-order valence-corrected chi connectivity index (χ2v) is 6.91. The molecule has 0 bridgehead atoms. The number of carbonyl (C=O) groups is 1. The maximum absolute atomic E-state index is 12.9. The molecule has 29 heavy (non-hydrogen) atoms. The van der Waals surface area contributed by atoms with E-state index in [0.29, 0.717) is 17.0 Å². The van der Waals surface area contributed by atoms with Crippen molar-refractivity contribution in [3.05, 3.63) is 77.5 Å². The summed E-state index contributed by atoms with van der Waals surface area (Å²) in [6.45, 7) is 1.93. The van der Waals surface area contributed by atoms with Gasteiger partial charge in [-0.15, -0.1) is 0 Å². The van der Waals surface area contributed by atoms with Crippen LogP contribution in [-0.4, -0.2) is 27.8 Å². The minimum absolute atomic E-state index is 0.154. The molecule has 1 atom stereocenters. The Kier molecular flexibility index (Phi) is 3.94. The number of ether oxygens (including phenoxy) is 1. The number of para-hydroxylation sites is 1. The normalized spacial score (nSPS) is 15.5. The molecule has 3 heterocycles. The number of aromatic nitrogens is 3. The molecule has 2 aromatic carbocycles. The van der Waals surface area contributed by atoms with E-state index in [0.717, 1.165) is 28.0 Å². The van der Waals surface area contributed by atoms with E-state index in [1.807, 2.05) is 61.5 Å². The lowest BCUT2D eigenvalue weighted by Gasteiger charge is -2.28. The van der Waals surface area contributed by atoms with Gasteiger partial charge in [0.05, 0.1) is 24.6 Å². The van der Waals surface area contributed by atoms with Gasteiger partial charge in [0.15, 0.2) is 5.65 Å². The number of nitrogens with zero attached hydrogens (tertiary/aromatic N) is 3. The number of nitrogens with one attached hydrogen (secondary N) is 2. The van der Waals surface area contributed by atoms with E-state index in [9.17, 15) is 4.79 Å². The van der Waals surface area contributed by atoms with E-state index in [2.05, 4.69) is 15.7 Å². The fourth-order valence-corrected chi connectivity index (χ4v) is 3.67. The highest BCUT2D eigenvalue weighted by Gasteiger charge is 2.29. The third-order valence-corrected chi connectivity index (χ3v) is 5.21. The molecule has 0 saturated carbocycles. The lowest BCUT2D eigenvalue weighted by molar-refractivity contribution is 0.0934. The van der Waals surface area contributed by atoms with Crippen molar-refractivity contribution in [3.8, 4) is 11.4 Å². The van der Waals surface area contributed by atoms with Crippen LogP contribution in [0.2, 0.25) is 0 Å². The number of carbonyl (C=O) groups excluding carboxylic acids is 1. The van der Waals surface area contributed by atoms with Crippen molar-refractivity contribution < 1.29 is 9.53 Å². The smallest absolute Gasteiger partial charge is 0.257 e. The molecule has 4 aromatic rings. The second kappa shape index (κ2) is 6.63. The summed E-state index contributed by atoms with van der Waals surface area (Å²) in [5.74, 6) is 1.16. The van der Waals surface area contributed by atoms with Gasteiger partial charge in [0, 0.05) is 5.39 Å². The molecule has 0 spiro atoms. The standard InChI is InChI=1S/C22H19N5O2/c1-13-17-12-23-27(15-6-4-3-5-7-15)21(17)25-20-18(13)22(28)26-19(24-20)14-8-10-16(29-2)11-9-14/h3-12,19H,1-2H3,(H,24,25)(H,26,28). The summed E-state index contributed by atoms with van der Waals surface area (Å²) < 4.78 is 7.01. The number of rotatable bonds is 3. The Labute approximate surface area is 167 Å². The Morgan fingerprint density at radius 3 is 2.52 bits per heavy atom. The van der Waals surface area contributed by atoms with Gasteiger partial charge < -0.3 is 15.4 Å². The van der Waals surface area contributed by atoms with Crippen LogP contribution in [0.1, 0.15) is 27.7 Å². The zero-order valence-electron chi connectivity index (χ0n) is 16.0. The van der Waals surface area contributed by atoms with Gasteiger partial charge in [-0.05, 0) is 42.3 Å². The molecule has 0 saturated heterocycles. The maximum Gasteiger partial charge on any atom is 0.257 e. The van der Waals surface area contributed by atoms with Gasteiger partial charge in [0.25, 0.3) is 5.91 Å². The molecule has 144 valence electrons. The van der Waals surface area contributed by atoms with Gasteiger partial charge in [-0.2, -0.15) is 5.10 Å². The number of aryl methyl sites for hydroxylation is 1. The molecule has 7 nitrogen and oxygen atoms in total. The van der Waals surface area contributed by atoms with Crippen LogP contribution in [0, 0.1) is 6.92 Å². The van der Waals surface area contributed by atoms with Crippen molar-refractivity contribution >= 4 is 22.8 Å². The number of amides is 1. The second-order valence-electron chi connectivity index (χ2n) is 6.91. The van der Waals surface area contributed by atoms with E-state index < -0.39 is 0 Å². The Balaban J connectivity index is 1.61. The quantitative estimate of drug-likeness (QED) is 0.563. The Hall–Kier alpha value is -3.87. The molecule has 0 fully saturated rings. The molecule has 1 aliphatic rings. The first-order chi connectivity index (χ1) is 14.2. The number of pyridine rings is 1. The Morgan fingerprint density at radius 2 is 1.79 bits per heavy atom. The lowest BCUT2D eigenvalue weighted by atomic mass is 10.0. The fraction of sp³-hybridized carbons (Fsp3) is 0.136. The molecule has 7 heteroatoms. The van der Waals surface area contributed by atoms with Crippen LogP contribution < -0.4 is 15.4 Å². The van der Waals surface area contributed by atoms with Gasteiger partial charge in [0.2, 0.25) is 0 Å². The van der Waals surface area contributed by atoms with Crippen LogP contribution in [0.4, 0.5) is 5.82 Å². The van der Waals surface area contributed by atoms with Crippen LogP contribution in [0.25, 0.3) is 16.7 Å². The third-order valence-electron chi connectivity index (χ3n) is 5.21. The number of anilines is 1. The average Bonchev–Trinajstić information content (AvgIpc) is 3.18. The summed E-state index contributed by atoms with van der Waals surface area (Å²) in [6.07, 6.45) is 1.38. The van der Waals surface area contributed by atoms with Gasteiger partial charge in [-0.3, -0.25) is 4.79 Å². The van der Waals surface area contributed by atoms with E-state index in [4.69, 9.17) is 9.72 Å². The van der Waals surface area contributed by atoms with Gasteiger partial charge in [-0.25, -0.2) is 9.67 Å². The highest BCUT2D eigenvalue weighted by molar-refractivity contribution is 6.06. The van der Waals surface area contributed by atoms with Crippen LogP contribution in [0.15, 0.2) is 60.8 Å². The Morgan fingerprint density at radius 1 is 1.03 bits per heavy atom. The van der Waals surface area contributed by atoms with Gasteiger partial charge >= 0.3 is 0 Å². The third kappa shape index (κ3) is 2.79. The molecule has 2 aromatic heterocycles. The van der Waals surface area contributed by atoms with E-state index >= 15 is 0 Å². The van der Waals surface area contributed by atoms with E-state index in [1.165, 1.54) is 0 Å². The fourth-order valence-electron chi connectivity index (χ4n) is 3.67. The first kappa shape index (κ1) is 17.2. The highest BCUT2D eigenvalue weighted by Crippen LogP contribution is 2.32. The summed E-state index contributed by atoms with van der Waals surface area (Å²) in [6, 6.07) is 17.4. The molecule has 0 radical (unpaired) electrons. The summed E-state index contributed by atoms with van der Waals surface area (Å²) in [4.78, 5) is 17.7. The maximum atomic E-state index is 12.9. The minimum Gasteiger partial charge on any atom is -0.497 e. The van der Waals surface area contributed by atoms with Crippen LogP contribution in [0.3, 0.4) is 0 Å². The molecule has 2 N–H and O–H groups in total. The van der Waals surface area contributed by atoms with Crippen LogP contribution in [0.5, 0.6) is 5.75 Å². The van der Waals surface area contributed by atoms with Crippen molar-refractivity contribution in [2.45, 2.75) is 13.1 Å². The molecule has 0 aliphatic carbocycles. The molecule has 5 rings (SSSR count). The summed E-state index contributed by atoms with van der Waals surface area (Å²) in [5.41, 5.74) is 3.95. The highest BCUT2D eigenvalue weighted by atomic mass is 16.5. The van der Waals surface area contributed by atoms with Gasteiger partial charge in [0.1, 0.15) is 17.7 Å². The van der Waals surface area contributed by atoms with Crippen molar-refractivity contribution in [3.63, 3.8) is 0 Å². The van der Waals surface area contributed by atoms with Crippen molar-refractivity contribution in [1.29, 1.82) is 0 Å². The van der Waals surface area contributed by atoms with Crippen molar-refractivity contribution in [2.24, 2.45) is 0 Å². The molecular formula is C22H19N5O2. The van der Waals surface area contributed by atoms with E-state index in [1.54, 1.807) is 18.0 Å². The summed E-state index contributed by atoms with van der Waals surface area (Å²) >= 11 is 0. The van der Waals surface area contributed by atoms with Gasteiger partial charge in [-0.1, -0.05) is 30.3 Å².